The highest BCUT2D eigenvalue weighted by molar-refractivity contribution is 5.94. The number of benzene rings is 1. The first-order chi connectivity index (χ1) is 20.6. The van der Waals surface area contributed by atoms with E-state index in [1.807, 2.05) is 51.2 Å². The predicted octanol–water partition coefficient (Wildman–Crippen LogP) is 5.85. The number of fused-ring (bicyclic) bond motifs is 1. The van der Waals surface area contributed by atoms with Crippen molar-refractivity contribution in [2.24, 2.45) is 9.98 Å². The number of hydrogen-bond donors (Lipinski definition) is 3. The molecule has 2 fully saturated rings. The number of aryl methyl sites for hydroxylation is 1. The molecule has 1 saturated carbocycles. The van der Waals surface area contributed by atoms with Crippen molar-refractivity contribution in [3.63, 3.8) is 0 Å². The van der Waals surface area contributed by atoms with Gasteiger partial charge in [0.15, 0.2) is 24.1 Å². The van der Waals surface area contributed by atoms with Gasteiger partial charge < -0.3 is 24.8 Å². The maximum absolute atomic E-state index is 15.1. The first-order valence-electron chi connectivity index (χ1n) is 14.4. The molecule has 4 aromatic rings. The highest BCUT2D eigenvalue weighted by Crippen LogP contribution is 2.39. The standard InChI is InChI=1S/C29H32FN9O.C2H6/c1-19-14-22-23(34-19)7-8-25(29(22)30)40-18-33-28(39-12-10-38(11-13-39)21-4-3-9-32-17-21)16-26(31-2)35-27-15-24(36-37-27)20-5-6-20;1-2/h3-4,7-9,14-17,20,34H,2,5-6,10-13,18H2,1H3,(H2,35,36,37);1-2H3/b26-16+,33-28+;. The van der Waals surface area contributed by atoms with Gasteiger partial charge in [-0.05, 0) is 56.8 Å². The van der Waals surface area contributed by atoms with Crippen molar-refractivity contribution in [1.29, 1.82) is 0 Å². The van der Waals surface area contributed by atoms with Crippen molar-refractivity contribution in [3.8, 4) is 5.75 Å². The minimum Gasteiger partial charge on any atom is -0.468 e. The van der Waals surface area contributed by atoms with E-state index in [4.69, 9.17) is 9.73 Å². The number of rotatable bonds is 9. The molecule has 11 heteroatoms. The fraction of sp³-hybridized carbons (Fsp3) is 0.355. The number of hydrogen-bond acceptors (Lipinski definition) is 7. The normalized spacial score (nSPS) is 15.8. The molecule has 0 atom stereocenters. The number of aliphatic imine (C=N–C) groups is 2. The lowest BCUT2D eigenvalue weighted by atomic mass is 10.2. The third-order valence-electron chi connectivity index (χ3n) is 7.21. The summed E-state index contributed by atoms with van der Waals surface area (Å²) in [4.78, 5) is 20.7. The molecule has 10 nitrogen and oxygen atoms in total. The van der Waals surface area contributed by atoms with Gasteiger partial charge in [-0.1, -0.05) is 13.8 Å². The van der Waals surface area contributed by atoms with Crippen LogP contribution in [0.2, 0.25) is 0 Å². The van der Waals surface area contributed by atoms with E-state index in [2.05, 4.69) is 53.1 Å². The second-order valence-corrected chi connectivity index (χ2v) is 10.1. The highest BCUT2D eigenvalue weighted by atomic mass is 19.1. The van der Waals surface area contributed by atoms with Crippen molar-refractivity contribution < 1.29 is 9.13 Å². The van der Waals surface area contributed by atoms with Crippen LogP contribution < -0.4 is 15.0 Å². The van der Waals surface area contributed by atoms with E-state index < -0.39 is 5.82 Å². The first kappa shape index (κ1) is 28.8. The van der Waals surface area contributed by atoms with Crippen LogP contribution in [0.3, 0.4) is 0 Å². The number of nitrogens with one attached hydrogen (secondary N) is 3. The Hall–Kier alpha value is -4.67. The molecule has 0 amide bonds. The summed E-state index contributed by atoms with van der Waals surface area (Å²) in [5.74, 6) is 2.17. The monoisotopic (exact) mass is 571 g/mol. The smallest absolute Gasteiger partial charge is 0.181 e. The van der Waals surface area contributed by atoms with Crippen LogP contribution in [0.15, 0.2) is 70.7 Å². The summed E-state index contributed by atoms with van der Waals surface area (Å²) in [5.41, 5.74) is 3.83. The number of halogens is 1. The van der Waals surface area contributed by atoms with Gasteiger partial charge in [-0.15, -0.1) is 0 Å². The number of piperazine rings is 1. The Morgan fingerprint density at radius 2 is 2.00 bits per heavy atom. The van der Waals surface area contributed by atoms with E-state index in [0.29, 0.717) is 28.8 Å². The molecule has 220 valence electrons. The Morgan fingerprint density at radius 1 is 1.19 bits per heavy atom. The summed E-state index contributed by atoms with van der Waals surface area (Å²) in [7, 11) is 0. The molecule has 2 aliphatic rings. The summed E-state index contributed by atoms with van der Waals surface area (Å²) in [6.07, 6.45) is 7.85. The zero-order chi connectivity index (χ0) is 29.5. The number of H-pyrrole nitrogens is 2. The van der Waals surface area contributed by atoms with Crippen molar-refractivity contribution in [1.82, 2.24) is 25.1 Å². The van der Waals surface area contributed by atoms with Gasteiger partial charge in [0, 0.05) is 72.7 Å². The lowest BCUT2D eigenvalue weighted by Crippen LogP contribution is -2.48. The van der Waals surface area contributed by atoms with Crippen LogP contribution in [-0.4, -0.2) is 70.5 Å². The van der Waals surface area contributed by atoms with Crippen LogP contribution in [-0.2, 0) is 0 Å². The van der Waals surface area contributed by atoms with E-state index >= 15 is 4.39 Å². The second kappa shape index (κ2) is 13.3. The molecular weight excluding hydrogens is 533 g/mol. The van der Waals surface area contributed by atoms with Gasteiger partial charge in [0.2, 0.25) is 0 Å². The molecule has 0 bridgehead atoms. The number of pyridine rings is 1. The Labute approximate surface area is 245 Å². The Bertz CT molecular complexity index is 1550. The SMILES string of the molecule is C=N/C(=C\C(=N/COc1ccc2[nH]c(C)cc2c1F)N1CCN(c2cccnc2)CC1)Nc1cc(C2CC2)[nH]n1.CC. The average molecular weight is 572 g/mol. The highest BCUT2D eigenvalue weighted by Gasteiger charge is 2.26. The lowest BCUT2D eigenvalue weighted by Gasteiger charge is -2.37. The van der Waals surface area contributed by atoms with Crippen molar-refractivity contribution >= 4 is 35.0 Å². The zero-order valence-corrected chi connectivity index (χ0v) is 24.4. The fourth-order valence-electron chi connectivity index (χ4n) is 4.92. The van der Waals surface area contributed by atoms with Crippen molar-refractivity contribution in [2.75, 3.05) is 43.1 Å². The summed E-state index contributed by atoms with van der Waals surface area (Å²) in [5, 5.41) is 11.2. The molecular formula is C31H38FN9O. The summed E-state index contributed by atoms with van der Waals surface area (Å²) >= 11 is 0. The number of aromatic amines is 2. The van der Waals surface area contributed by atoms with Gasteiger partial charge in [0.1, 0.15) is 11.7 Å². The molecule has 1 saturated heterocycles. The summed E-state index contributed by atoms with van der Waals surface area (Å²) in [6.45, 7) is 12.6. The predicted molar refractivity (Wildman–Crippen MR) is 167 cm³/mol. The van der Waals surface area contributed by atoms with Crippen LogP contribution in [0.1, 0.15) is 44.0 Å². The Kier molecular flexibility index (Phi) is 9.15. The maximum Gasteiger partial charge on any atom is 0.181 e. The summed E-state index contributed by atoms with van der Waals surface area (Å²) < 4.78 is 20.9. The molecule has 0 unspecified atom stereocenters. The topological polar surface area (TPSA) is 110 Å². The van der Waals surface area contributed by atoms with Gasteiger partial charge >= 0.3 is 0 Å². The van der Waals surface area contributed by atoms with Gasteiger partial charge in [-0.2, -0.15) is 5.10 Å². The van der Waals surface area contributed by atoms with Gasteiger partial charge in [0.05, 0.1) is 11.9 Å². The maximum atomic E-state index is 15.1. The van der Waals surface area contributed by atoms with E-state index in [-0.39, 0.29) is 12.5 Å². The van der Waals surface area contributed by atoms with Crippen LogP contribution in [0.25, 0.3) is 10.9 Å². The largest absolute Gasteiger partial charge is 0.468 e. The molecule has 3 N–H and O–H groups in total. The Morgan fingerprint density at radius 3 is 2.71 bits per heavy atom. The molecule has 0 spiro atoms. The van der Waals surface area contributed by atoms with E-state index in [0.717, 1.165) is 48.8 Å². The molecule has 3 aromatic heterocycles. The third kappa shape index (κ3) is 6.79. The number of ether oxygens (including phenoxy) is 1. The molecule has 4 heterocycles. The van der Waals surface area contributed by atoms with Crippen molar-refractivity contribution in [3.05, 3.63) is 77.9 Å². The van der Waals surface area contributed by atoms with E-state index in [1.165, 1.54) is 12.8 Å². The van der Waals surface area contributed by atoms with E-state index in [9.17, 15) is 0 Å². The number of aromatic nitrogens is 4. The van der Waals surface area contributed by atoms with Crippen LogP contribution in [0, 0.1) is 12.7 Å². The number of nitrogens with zero attached hydrogens (tertiary/aromatic N) is 6. The third-order valence-corrected chi connectivity index (χ3v) is 7.21. The Balaban J connectivity index is 0.00000173. The van der Waals surface area contributed by atoms with Crippen LogP contribution in [0.4, 0.5) is 15.9 Å². The number of anilines is 2. The minimum absolute atomic E-state index is 0.0564. The molecule has 6 rings (SSSR count). The molecule has 42 heavy (non-hydrogen) atoms. The van der Waals surface area contributed by atoms with E-state index in [1.54, 1.807) is 18.3 Å². The number of amidine groups is 1. The second-order valence-electron chi connectivity index (χ2n) is 10.1. The molecule has 1 aromatic carbocycles. The fourth-order valence-corrected chi connectivity index (χ4v) is 4.92. The van der Waals surface area contributed by atoms with Crippen LogP contribution >= 0.6 is 0 Å². The quantitative estimate of drug-likeness (QED) is 0.172. The van der Waals surface area contributed by atoms with Crippen molar-refractivity contribution in [2.45, 2.75) is 39.5 Å². The summed E-state index contributed by atoms with van der Waals surface area (Å²) in [6, 6.07) is 11.2. The zero-order valence-electron chi connectivity index (χ0n) is 24.4. The van der Waals surface area contributed by atoms with Crippen LogP contribution in [0.5, 0.6) is 5.75 Å². The van der Waals surface area contributed by atoms with Gasteiger partial charge in [-0.25, -0.2) is 14.4 Å². The minimum atomic E-state index is -0.403. The molecule has 0 radical (unpaired) electrons. The molecule has 1 aliphatic carbocycles. The van der Waals surface area contributed by atoms with Gasteiger partial charge in [0.25, 0.3) is 0 Å². The average Bonchev–Trinajstić information content (AvgIpc) is 3.65. The lowest BCUT2D eigenvalue weighted by molar-refractivity contribution is 0.309. The first-order valence-corrected chi connectivity index (χ1v) is 14.4. The molecule has 1 aliphatic heterocycles. The van der Waals surface area contributed by atoms with Gasteiger partial charge in [-0.3, -0.25) is 10.1 Å².